The van der Waals surface area contributed by atoms with Crippen LogP contribution in [0.25, 0.3) is 11.2 Å². The van der Waals surface area contributed by atoms with Crippen LogP contribution in [0, 0.1) is 0 Å². The van der Waals surface area contributed by atoms with E-state index in [4.69, 9.17) is 20.3 Å². The maximum absolute atomic E-state index is 11.9. The first-order valence-electron chi connectivity index (χ1n) is 8.50. The number of aromatic nitrogens is 4. The maximum atomic E-state index is 11.9. The summed E-state index contributed by atoms with van der Waals surface area (Å²) in [6.45, 7) is -2.37. The van der Waals surface area contributed by atoms with Gasteiger partial charge in [0.1, 0.15) is 30.2 Å². The number of nitrogen functional groups attached to an aromatic ring is 1. The van der Waals surface area contributed by atoms with Crippen molar-refractivity contribution in [3.8, 4) is 0 Å². The number of nitrogens with zero attached hydrogens (tertiary/aromatic N) is 4. The second-order valence-corrected chi connectivity index (χ2v) is 10.6. The number of fused-ring (bicyclic) bond motifs is 1. The summed E-state index contributed by atoms with van der Waals surface area (Å²) in [5.74, 6) is 0.0480. The molecule has 0 radical (unpaired) electrons. The first-order valence-corrected chi connectivity index (χ1v) is 13.0. The van der Waals surface area contributed by atoms with Crippen LogP contribution in [0.3, 0.4) is 0 Å². The number of aliphatic hydroxyl groups excluding tert-OH is 2. The number of imidazole rings is 1. The standard InChI is InChI=1S/C11H18N5O14P3/c12-9-6-10(14-2-13-9)16(3-15-6)11-8(18)7(17)5(29-11)1-26-32(22,23)30-33(24,25)28-4-27-31(19,20)21/h2-3,5,7-8,11,17-18H,1,4H2,(H,22,23)(H,24,25)(H2,12,13,14)(H2,19,20,21)/t5-,7-,8-,11-/m1/s1. The minimum atomic E-state index is -5.37. The van der Waals surface area contributed by atoms with Gasteiger partial charge in [-0.2, -0.15) is 4.31 Å². The van der Waals surface area contributed by atoms with Crippen LogP contribution in [-0.4, -0.2) is 81.0 Å². The minimum absolute atomic E-state index is 0.0480. The number of ether oxygens (including phenoxy) is 1. The van der Waals surface area contributed by atoms with E-state index >= 15 is 0 Å². The molecule has 1 aliphatic rings. The summed E-state index contributed by atoms with van der Waals surface area (Å²) in [5.41, 5.74) is 6.03. The Balaban J connectivity index is 1.61. The first kappa shape index (κ1) is 26.2. The molecule has 3 rings (SSSR count). The van der Waals surface area contributed by atoms with E-state index in [1.54, 1.807) is 0 Å². The predicted octanol–water partition coefficient (Wildman–Crippen LogP) is -1.65. The van der Waals surface area contributed by atoms with E-state index in [9.17, 15) is 33.7 Å². The zero-order valence-corrected chi connectivity index (χ0v) is 18.7. The van der Waals surface area contributed by atoms with Crippen molar-refractivity contribution >= 4 is 40.4 Å². The average molecular weight is 537 g/mol. The van der Waals surface area contributed by atoms with Crippen molar-refractivity contribution in [1.29, 1.82) is 0 Å². The van der Waals surface area contributed by atoms with Gasteiger partial charge in [-0.3, -0.25) is 18.1 Å². The largest absolute Gasteiger partial charge is 0.483 e. The highest BCUT2D eigenvalue weighted by atomic mass is 31.3. The van der Waals surface area contributed by atoms with Crippen LogP contribution in [0.5, 0.6) is 0 Å². The third kappa shape index (κ3) is 6.60. The van der Waals surface area contributed by atoms with Crippen molar-refractivity contribution in [2.24, 2.45) is 0 Å². The molecule has 19 nitrogen and oxygen atoms in total. The number of hydrogen-bond acceptors (Lipinski definition) is 14. The molecule has 1 saturated heterocycles. The van der Waals surface area contributed by atoms with E-state index in [0.717, 1.165) is 6.33 Å². The average Bonchev–Trinajstić information content (AvgIpc) is 3.21. The van der Waals surface area contributed by atoms with Crippen LogP contribution in [0.4, 0.5) is 5.82 Å². The normalized spacial score (nSPS) is 27.5. The molecule has 0 aliphatic carbocycles. The highest BCUT2D eigenvalue weighted by Crippen LogP contribution is 2.60. The molecule has 2 aromatic heterocycles. The lowest BCUT2D eigenvalue weighted by atomic mass is 10.1. The van der Waals surface area contributed by atoms with Gasteiger partial charge in [0, 0.05) is 0 Å². The van der Waals surface area contributed by atoms with Gasteiger partial charge in [0.2, 0.25) is 0 Å². The second kappa shape index (κ2) is 9.69. The molecular weight excluding hydrogens is 519 g/mol. The molecule has 0 amide bonds. The molecule has 22 heteroatoms. The van der Waals surface area contributed by atoms with Crippen molar-refractivity contribution in [3.05, 3.63) is 12.7 Å². The van der Waals surface area contributed by atoms with Gasteiger partial charge >= 0.3 is 23.5 Å². The molecule has 2 aromatic rings. The van der Waals surface area contributed by atoms with E-state index in [0.29, 0.717) is 0 Å². The highest BCUT2D eigenvalue weighted by molar-refractivity contribution is 7.61. The zero-order chi connectivity index (χ0) is 24.6. The second-order valence-electron chi connectivity index (χ2n) is 6.31. The lowest BCUT2D eigenvalue weighted by molar-refractivity contribution is -0.0505. The van der Waals surface area contributed by atoms with Gasteiger partial charge in [-0.25, -0.2) is 28.6 Å². The number of hydrogen-bond donors (Lipinski definition) is 7. The van der Waals surface area contributed by atoms with Crippen molar-refractivity contribution in [2.45, 2.75) is 24.5 Å². The predicted molar refractivity (Wildman–Crippen MR) is 101 cm³/mol. The van der Waals surface area contributed by atoms with Gasteiger partial charge in [-0.05, 0) is 0 Å². The maximum Gasteiger partial charge on any atom is 0.483 e. The Labute approximate surface area is 183 Å². The Morgan fingerprint density at radius 1 is 1.00 bits per heavy atom. The molecule has 6 atom stereocenters. The van der Waals surface area contributed by atoms with Crippen LogP contribution in [-0.2, 0) is 36.3 Å². The third-order valence-electron chi connectivity index (χ3n) is 4.04. The SMILES string of the molecule is Nc1ncnc2c1ncn2[C@@H]1O[C@H](COP(=O)(O)OP(=O)(O)OCOP(=O)(O)O)[C@@H](O)[C@H]1O. The summed E-state index contributed by atoms with van der Waals surface area (Å²) in [4.78, 5) is 47.5. The molecule has 33 heavy (non-hydrogen) atoms. The number of nitrogens with two attached hydrogens (primary N) is 1. The zero-order valence-electron chi connectivity index (χ0n) is 16.0. The van der Waals surface area contributed by atoms with Gasteiger partial charge in [0.05, 0.1) is 12.9 Å². The summed E-state index contributed by atoms with van der Waals surface area (Å²) in [5, 5.41) is 20.5. The Morgan fingerprint density at radius 2 is 1.67 bits per heavy atom. The summed E-state index contributed by atoms with van der Waals surface area (Å²) >= 11 is 0. The third-order valence-corrected chi connectivity index (χ3v) is 7.04. The molecule has 3 heterocycles. The van der Waals surface area contributed by atoms with E-state index in [2.05, 4.69) is 32.8 Å². The Bertz CT molecular complexity index is 1140. The summed E-state index contributed by atoms with van der Waals surface area (Å²) in [7, 11) is -15.8. The van der Waals surface area contributed by atoms with E-state index in [1.165, 1.54) is 10.9 Å². The number of phosphoric acid groups is 3. The molecule has 1 fully saturated rings. The molecule has 8 N–H and O–H groups in total. The number of phosphoric ester groups is 3. The first-order chi connectivity index (χ1) is 15.2. The van der Waals surface area contributed by atoms with Crippen LogP contribution in [0.1, 0.15) is 6.23 Å². The minimum Gasteiger partial charge on any atom is -0.387 e. The van der Waals surface area contributed by atoms with Gasteiger partial charge in [-0.15, -0.1) is 0 Å². The molecule has 0 saturated carbocycles. The number of anilines is 1. The molecule has 0 spiro atoms. The van der Waals surface area contributed by atoms with E-state index in [-0.39, 0.29) is 17.0 Å². The summed E-state index contributed by atoms with van der Waals surface area (Å²) in [6.07, 6.45) is -3.60. The summed E-state index contributed by atoms with van der Waals surface area (Å²) in [6, 6.07) is 0. The molecule has 186 valence electrons. The van der Waals surface area contributed by atoms with Crippen LogP contribution in [0.15, 0.2) is 12.7 Å². The summed E-state index contributed by atoms with van der Waals surface area (Å²) < 4.78 is 56.8. The van der Waals surface area contributed by atoms with Crippen molar-refractivity contribution in [1.82, 2.24) is 19.5 Å². The van der Waals surface area contributed by atoms with Gasteiger partial charge < -0.3 is 40.3 Å². The van der Waals surface area contributed by atoms with Crippen molar-refractivity contribution in [3.63, 3.8) is 0 Å². The Morgan fingerprint density at radius 3 is 2.33 bits per heavy atom. The quantitative estimate of drug-likeness (QED) is 0.132. The van der Waals surface area contributed by atoms with Crippen LogP contribution in [0.2, 0.25) is 0 Å². The van der Waals surface area contributed by atoms with Crippen LogP contribution < -0.4 is 5.73 Å². The highest BCUT2D eigenvalue weighted by Gasteiger charge is 2.46. The van der Waals surface area contributed by atoms with Crippen LogP contribution >= 0.6 is 23.5 Å². The molecule has 0 aromatic carbocycles. The molecular formula is C11H18N5O14P3. The molecule has 1 aliphatic heterocycles. The van der Waals surface area contributed by atoms with E-state index in [1.807, 2.05) is 0 Å². The molecule has 0 bridgehead atoms. The Hall–Kier alpha value is -1.40. The van der Waals surface area contributed by atoms with Crippen molar-refractivity contribution < 1.29 is 66.1 Å². The lowest BCUT2D eigenvalue weighted by Crippen LogP contribution is -2.33. The van der Waals surface area contributed by atoms with Crippen molar-refractivity contribution in [2.75, 3.05) is 19.1 Å². The smallest absolute Gasteiger partial charge is 0.387 e. The number of rotatable bonds is 10. The van der Waals surface area contributed by atoms with Gasteiger partial charge in [0.15, 0.2) is 24.5 Å². The number of aliphatic hydroxyl groups is 2. The molecule has 2 unspecified atom stereocenters. The fourth-order valence-electron chi connectivity index (χ4n) is 2.66. The van der Waals surface area contributed by atoms with Gasteiger partial charge in [-0.1, -0.05) is 0 Å². The fourth-order valence-corrected chi connectivity index (χ4v) is 4.87. The van der Waals surface area contributed by atoms with E-state index < -0.39 is 61.4 Å². The van der Waals surface area contributed by atoms with Gasteiger partial charge in [0.25, 0.3) is 0 Å². The monoisotopic (exact) mass is 537 g/mol. The Kier molecular flexibility index (Phi) is 7.70. The fraction of sp³-hybridized carbons (Fsp3) is 0.545. The topological polar surface area (TPSA) is 288 Å². The lowest BCUT2D eigenvalue weighted by Gasteiger charge is -2.19.